The van der Waals surface area contributed by atoms with Gasteiger partial charge < -0.3 is 5.73 Å². The van der Waals surface area contributed by atoms with Crippen LogP contribution in [0.15, 0.2) is 0 Å². The highest BCUT2D eigenvalue weighted by Gasteiger charge is 2.36. The van der Waals surface area contributed by atoms with Crippen molar-refractivity contribution in [3.05, 3.63) is 0 Å². The van der Waals surface area contributed by atoms with E-state index in [4.69, 9.17) is 5.73 Å². The van der Waals surface area contributed by atoms with Crippen LogP contribution in [0, 0.1) is 11.8 Å². The highest BCUT2D eigenvalue weighted by Crippen LogP contribution is 2.43. The molecule has 0 aromatic heterocycles. The molecule has 2 rings (SSSR count). The van der Waals surface area contributed by atoms with E-state index < -0.39 is 0 Å². The lowest BCUT2D eigenvalue weighted by molar-refractivity contribution is 0.418. The van der Waals surface area contributed by atoms with Crippen LogP contribution in [0.1, 0.15) is 25.7 Å². The molecular formula is C7H13N. The average molecular weight is 111 g/mol. The molecule has 2 saturated carbocycles. The maximum absolute atomic E-state index is 5.82. The lowest BCUT2D eigenvalue weighted by Crippen LogP contribution is -2.26. The number of hydrogen-bond acceptors (Lipinski definition) is 1. The predicted octanol–water partition coefficient (Wildman–Crippen LogP) is 1.13. The zero-order valence-corrected chi connectivity index (χ0v) is 5.14. The van der Waals surface area contributed by atoms with E-state index in [-0.39, 0.29) is 0 Å². The minimum absolute atomic E-state index is 0.578. The number of rotatable bonds is 0. The third-order valence-electron chi connectivity index (χ3n) is 2.79. The van der Waals surface area contributed by atoms with Crippen LogP contribution in [-0.2, 0) is 0 Å². The molecule has 1 unspecified atom stereocenters. The van der Waals surface area contributed by atoms with Crippen molar-refractivity contribution in [3.8, 4) is 0 Å². The molecule has 0 radical (unpaired) electrons. The quantitative estimate of drug-likeness (QED) is 0.498. The maximum atomic E-state index is 5.82. The van der Waals surface area contributed by atoms with E-state index >= 15 is 0 Å². The Balaban J connectivity index is 2.11. The summed E-state index contributed by atoms with van der Waals surface area (Å²) in [7, 11) is 0. The van der Waals surface area contributed by atoms with Crippen LogP contribution in [0.4, 0.5) is 0 Å². The Labute approximate surface area is 50.3 Å². The fourth-order valence-corrected chi connectivity index (χ4v) is 2.29. The van der Waals surface area contributed by atoms with Crippen molar-refractivity contribution in [2.75, 3.05) is 0 Å². The van der Waals surface area contributed by atoms with E-state index in [1.54, 1.807) is 0 Å². The molecule has 2 aliphatic carbocycles. The summed E-state index contributed by atoms with van der Waals surface area (Å²) in [5.74, 6) is 1.94. The number of fused-ring (bicyclic) bond motifs is 2. The van der Waals surface area contributed by atoms with Gasteiger partial charge >= 0.3 is 0 Å². The third kappa shape index (κ3) is 0.510. The molecule has 8 heavy (non-hydrogen) atoms. The van der Waals surface area contributed by atoms with Gasteiger partial charge in [0.25, 0.3) is 0 Å². The van der Waals surface area contributed by atoms with Gasteiger partial charge in [-0.2, -0.15) is 0 Å². The van der Waals surface area contributed by atoms with Gasteiger partial charge in [-0.1, -0.05) is 6.42 Å². The van der Waals surface area contributed by atoms with Gasteiger partial charge in [0.05, 0.1) is 0 Å². The summed E-state index contributed by atoms with van der Waals surface area (Å²) in [5, 5.41) is 0. The summed E-state index contributed by atoms with van der Waals surface area (Å²) in [5.41, 5.74) is 5.82. The molecule has 46 valence electrons. The van der Waals surface area contributed by atoms with Crippen molar-refractivity contribution in [2.45, 2.75) is 31.7 Å². The minimum Gasteiger partial charge on any atom is -0.327 e. The molecule has 3 atom stereocenters. The minimum atomic E-state index is 0.578. The molecule has 2 bridgehead atoms. The van der Waals surface area contributed by atoms with Crippen molar-refractivity contribution >= 4 is 0 Å². The molecule has 2 fully saturated rings. The van der Waals surface area contributed by atoms with Gasteiger partial charge in [0.15, 0.2) is 0 Å². The lowest BCUT2D eigenvalue weighted by atomic mass is 9.96. The van der Waals surface area contributed by atoms with Gasteiger partial charge in [-0.3, -0.25) is 0 Å². The summed E-state index contributed by atoms with van der Waals surface area (Å²) < 4.78 is 0. The second kappa shape index (κ2) is 1.47. The maximum Gasteiger partial charge on any atom is 0.00699 e. The Kier molecular flexibility index (Phi) is 0.884. The summed E-state index contributed by atoms with van der Waals surface area (Å²) in [4.78, 5) is 0. The second-order valence-corrected chi connectivity index (χ2v) is 3.34. The highest BCUT2D eigenvalue weighted by atomic mass is 14.7. The largest absolute Gasteiger partial charge is 0.327 e. The topological polar surface area (TPSA) is 26.0 Å². The van der Waals surface area contributed by atoms with Crippen LogP contribution in [0.5, 0.6) is 0 Å². The molecule has 0 aromatic rings. The Morgan fingerprint density at radius 1 is 1.12 bits per heavy atom. The van der Waals surface area contributed by atoms with Crippen molar-refractivity contribution in [1.29, 1.82) is 0 Å². The molecule has 1 nitrogen and oxygen atoms in total. The predicted molar refractivity (Wildman–Crippen MR) is 33.4 cm³/mol. The van der Waals surface area contributed by atoms with E-state index in [0.717, 1.165) is 11.8 Å². The van der Waals surface area contributed by atoms with E-state index in [9.17, 15) is 0 Å². The highest BCUT2D eigenvalue weighted by molar-refractivity contribution is 4.91. The van der Waals surface area contributed by atoms with Crippen LogP contribution in [-0.4, -0.2) is 6.04 Å². The summed E-state index contributed by atoms with van der Waals surface area (Å²) in [6.45, 7) is 0. The molecule has 2 N–H and O–H groups in total. The molecule has 0 aliphatic heterocycles. The monoisotopic (exact) mass is 111 g/mol. The normalized spacial score (nSPS) is 52.9. The zero-order chi connectivity index (χ0) is 5.56. The zero-order valence-electron chi connectivity index (χ0n) is 5.14. The first-order valence-corrected chi connectivity index (χ1v) is 3.62. The van der Waals surface area contributed by atoms with Crippen molar-refractivity contribution in [1.82, 2.24) is 0 Å². The molecule has 1 heteroatoms. The van der Waals surface area contributed by atoms with Crippen LogP contribution < -0.4 is 5.73 Å². The number of nitrogens with two attached hydrogens (primary N) is 1. The van der Waals surface area contributed by atoms with Crippen molar-refractivity contribution in [2.24, 2.45) is 17.6 Å². The fourth-order valence-electron chi connectivity index (χ4n) is 2.29. The number of hydrogen-bond donors (Lipinski definition) is 1. The van der Waals surface area contributed by atoms with Gasteiger partial charge in [-0.25, -0.2) is 0 Å². The standard InChI is InChI=1S/C7H13N/c8-7-4-5-1-2-6(7)3-5/h5-7H,1-4,8H2/t5-,6?,7+/m1/s1. The van der Waals surface area contributed by atoms with Crippen LogP contribution in [0.2, 0.25) is 0 Å². The van der Waals surface area contributed by atoms with Crippen molar-refractivity contribution in [3.63, 3.8) is 0 Å². The molecule has 2 aliphatic rings. The molecule has 0 spiro atoms. The molecule has 0 aromatic carbocycles. The molecule has 0 amide bonds. The van der Waals surface area contributed by atoms with Gasteiger partial charge in [0.1, 0.15) is 0 Å². The first-order valence-electron chi connectivity index (χ1n) is 3.62. The second-order valence-electron chi connectivity index (χ2n) is 3.34. The smallest absolute Gasteiger partial charge is 0.00699 e. The Bertz CT molecular complexity index is 98.6. The van der Waals surface area contributed by atoms with Gasteiger partial charge in [0, 0.05) is 6.04 Å². The Morgan fingerprint density at radius 2 is 2.00 bits per heavy atom. The Hall–Kier alpha value is -0.0400. The lowest BCUT2D eigenvalue weighted by Gasteiger charge is -2.15. The molecule has 0 heterocycles. The average Bonchev–Trinajstić information content (AvgIpc) is 2.23. The van der Waals surface area contributed by atoms with Crippen LogP contribution in [0.3, 0.4) is 0 Å². The van der Waals surface area contributed by atoms with Gasteiger partial charge in [0.2, 0.25) is 0 Å². The van der Waals surface area contributed by atoms with E-state index in [1.165, 1.54) is 25.7 Å². The van der Waals surface area contributed by atoms with Gasteiger partial charge in [-0.15, -0.1) is 0 Å². The van der Waals surface area contributed by atoms with Crippen LogP contribution in [0.25, 0.3) is 0 Å². The van der Waals surface area contributed by atoms with E-state index in [0.29, 0.717) is 6.04 Å². The third-order valence-corrected chi connectivity index (χ3v) is 2.79. The van der Waals surface area contributed by atoms with Gasteiger partial charge in [-0.05, 0) is 31.1 Å². The SMILES string of the molecule is N[C@H]1C[C@@H]2CCC1C2. The first-order chi connectivity index (χ1) is 3.86. The summed E-state index contributed by atoms with van der Waals surface area (Å²) >= 11 is 0. The van der Waals surface area contributed by atoms with E-state index in [2.05, 4.69) is 0 Å². The molecular weight excluding hydrogens is 98.1 g/mol. The summed E-state index contributed by atoms with van der Waals surface area (Å²) in [6, 6.07) is 0.578. The Morgan fingerprint density at radius 3 is 2.25 bits per heavy atom. The van der Waals surface area contributed by atoms with Crippen LogP contribution >= 0.6 is 0 Å². The first kappa shape index (κ1) is 4.80. The molecule has 0 saturated heterocycles. The fraction of sp³-hybridized carbons (Fsp3) is 1.00. The summed E-state index contributed by atoms with van der Waals surface area (Å²) in [6.07, 6.45) is 5.66. The van der Waals surface area contributed by atoms with Crippen molar-refractivity contribution < 1.29 is 0 Å². The van der Waals surface area contributed by atoms with E-state index in [1.807, 2.05) is 0 Å².